The van der Waals surface area contributed by atoms with Gasteiger partial charge in [0.25, 0.3) is 5.91 Å². The van der Waals surface area contributed by atoms with Crippen LogP contribution in [0.1, 0.15) is 61.7 Å². The minimum absolute atomic E-state index is 0.0247. The topological polar surface area (TPSA) is 57.7 Å². The Balaban J connectivity index is 1.30. The number of pyridine rings is 1. The summed E-state index contributed by atoms with van der Waals surface area (Å²) in [6, 6.07) is 4.19. The molecule has 0 radical (unpaired) electrons. The van der Waals surface area contributed by atoms with Crippen molar-refractivity contribution in [1.29, 1.82) is 0 Å². The van der Waals surface area contributed by atoms with E-state index in [0.29, 0.717) is 24.0 Å². The Morgan fingerprint density at radius 3 is 2.75 bits per heavy atom. The molecule has 32 heavy (non-hydrogen) atoms. The van der Waals surface area contributed by atoms with Crippen molar-refractivity contribution >= 4 is 11.7 Å². The summed E-state index contributed by atoms with van der Waals surface area (Å²) in [5.74, 6) is 2.15. The van der Waals surface area contributed by atoms with E-state index in [4.69, 9.17) is 4.74 Å². The van der Waals surface area contributed by atoms with Crippen LogP contribution in [-0.2, 0) is 4.74 Å². The van der Waals surface area contributed by atoms with Gasteiger partial charge >= 0.3 is 0 Å². The van der Waals surface area contributed by atoms with Crippen molar-refractivity contribution < 1.29 is 9.53 Å². The average Bonchev–Trinajstić information content (AvgIpc) is 3.36. The molecule has 0 aromatic carbocycles. The highest BCUT2D eigenvalue weighted by atomic mass is 16.5. The molecule has 0 bridgehead atoms. The molecule has 1 aliphatic carbocycles. The van der Waals surface area contributed by atoms with Crippen LogP contribution in [0, 0.1) is 11.8 Å². The Morgan fingerprint density at radius 1 is 1.12 bits per heavy atom. The Labute approximate surface area is 193 Å². The molecule has 3 aliphatic rings. The van der Waals surface area contributed by atoms with Gasteiger partial charge in [0, 0.05) is 38.4 Å². The molecule has 1 unspecified atom stereocenters. The molecule has 1 amide bonds. The van der Waals surface area contributed by atoms with Crippen LogP contribution >= 0.6 is 0 Å². The number of likely N-dealkylation sites (tertiary alicyclic amines) is 1. The minimum Gasteiger partial charge on any atom is -0.377 e. The summed E-state index contributed by atoms with van der Waals surface area (Å²) in [7, 11) is 0. The maximum atomic E-state index is 13.0. The molecule has 6 nitrogen and oxygen atoms in total. The number of rotatable bonds is 9. The third-order valence-electron chi connectivity index (χ3n) is 7.35. The van der Waals surface area contributed by atoms with Crippen LogP contribution in [0.15, 0.2) is 31.0 Å². The molecular formula is C26H40N4O2. The molecule has 2 aliphatic heterocycles. The monoisotopic (exact) mass is 440 g/mol. The van der Waals surface area contributed by atoms with Gasteiger partial charge in [0.2, 0.25) is 0 Å². The Morgan fingerprint density at radius 2 is 1.97 bits per heavy atom. The van der Waals surface area contributed by atoms with E-state index in [2.05, 4.69) is 26.7 Å². The van der Waals surface area contributed by atoms with Crippen LogP contribution in [-0.4, -0.2) is 67.8 Å². The SMILES string of the molecule is C=CCOCC1CCCN(C[C@@H]2CCCC[C@H]2NC(=O)c2ccc(N3CCCC3)nc2)C1. The summed E-state index contributed by atoms with van der Waals surface area (Å²) in [4.78, 5) is 22.4. The highest BCUT2D eigenvalue weighted by molar-refractivity contribution is 5.94. The standard InChI is InChI=1S/C26H40N4O2/c1-2-16-32-20-21-8-7-13-29(18-21)19-23-9-3-4-10-24(23)28-26(31)22-11-12-25(27-17-22)30-14-5-6-15-30/h2,11-12,17,21,23-24H,1,3-10,13-16,18-20H2,(H,28,31)/t21?,23-,24+/m0/s1. The lowest BCUT2D eigenvalue weighted by Gasteiger charge is -2.39. The number of nitrogens with one attached hydrogen (secondary N) is 1. The van der Waals surface area contributed by atoms with Gasteiger partial charge in [-0.15, -0.1) is 6.58 Å². The molecule has 2 saturated heterocycles. The quantitative estimate of drug-likeness (QED) is 0.466. The van der Waals surface area contributed by atoms with E-state index in [0.717, 1.165) is 51.6 Å². The number of carbonyl (C=O) groups is 1. The number of nitrogens with zero attached hydrogens (tertiary/aromatic N) is 3. The Kier molecular flexibility index (Phi) is 8.57. The van der Waals surface area contributed by atoms with Crippen LogP contribution in [0.3, 0.4) is 0 Å². The largest absolute Gasteiger partial charge is 0.377 e. The van der Waals surface area contributed by atoms with Crippen LogP contribution in [0.5, 0.6) is 0 Å². The second kappa shape index (κ2) is 11.8. The van der Waals surface area contributed by atoms with Gasteiger partial charge in [-0.3, -0.25) is 4.79 Å². The maximum absolute atomic E-state index is 13.0. The number of carbonyl (C=O) groups excluding carboxylic acids is 1. The third kappa shape index (κ3) is 6.32. The lowest BCUT2D eigenvalue weighted by Crippen LogP contribution is -2.48. The maximum Gasteiger partial charge on any atom is 0.253 e. The Bertz CT molecular complexity index is 732. The first-order valence-electron chi connectivity index (χ1n) is 12.7. The van der Waals surface area contributed by atoms with E-state index < -0.39 is 0 Å². The van der Waals surface area contributed by atoms with Crippen molar-refractivity contribution in [2.75, 3.05) is 50.8 Å². The van der Waals surface area contributed by atoms with Gasteiger partial charge < -0.3 is 19.9 Å². The van der Waals surface area contributed by atoms with Gasteiger partial charge in [-0.2, -0.15) is 0 Å². The molecule has 6 heteroatoms. The van der Waals surface area contributed by atoms with Gasteiger partial charge in [0.1, 0.15) is 5.82 Å². The van der Waals surface area contributed by atoms with Crippen molar-refractivity contribution in [1.82, 2.24) is 15.2 Å². The molecular weight excluding hydrogens is 400 g/mol. The van der Waals surface area contributed by atoms with Crippen LogP contribution in [0.25, 0.3) is 0 Å². The summed E-state index contributed by atoms with van der Waals surface area (Å²) >= 11 is 0. The number of hydrogen-bond donors (Lipinski definition) is 1. The summed E-state index contributed by atoms with van der Waals surface area (Å²) in [5, 5.41) is 3.36. The fourth-order valence-corrected chi connectivity index (χ4v) is 5.62. The van der Waals surface area contributed by atoms with Crippen molar-refractivity contribution in [3.63, 3.8) is 0 Å². The summed E-state index contributed by atoms with van der Waals surface area (Å²) in [6.45, 7) is 10.7. The number of piperidine rings is 1. The first-order valence-corrected chi connectivity index (χ1v) is 12.7. The van der Waals surface area contributed by atoms with E-state index in [1.165, 1.54) is 44.9 Å². The van der Waals surface area contributed by atoms with Crippen molar-refractivity contribution in [2.45, 2.75) is 57.4 Å². The summed E-state index contributed by atoms with van der Waals surface area (Å²) in [6.07, 6.45) is 13.3. The number of anilines is 1. The summed E-state index contributed by atoms with van der Waals surface area (Å²) in [5.41, 5.74) is 0.676. The van der Waals surface area contributed by atoms with Gasteiger partial charge in [0.05, 0.1) is 18.8 Å². The van der Waals surface area contributed by atoms with Crippen LogP contribution < -0.4 is 10.2 Å². The van der Waals surface area contributed by atoms with E-state index in [1.807, 2.05) is 18.2 Å². The summed E-state index contributed by atoms with van der Waals surface area (Å²) < 4.78 is 5.71. The molecule has 3 atom stereocenters. The van der Waals surface area contributed by atoms with Gasteiger partial charge in [-0.1, -0.05) is 18.9 Å². The smallest absolute Gasteiger partial charge is 0.253 e. The zero-order valence-corrected chi connectivity index (χ0v) is 19.5. The lowest BCUT2D eigenvalue weighted by atomic mass is 9.83. The average molecular weight is 441 g/mol. The van der Waals surface area contributed by atoms with Gasteiger partial charge in [-0.25, -0.2) is 4.98 Å². The van der Waals surface area contributed by atoms with Crippen molar-refractivity contribution in [3.8, 4) is 0 Å². The number of aromatic nitrogens is 1. The highest BCUT2D eigenvalue weighted by Gasteiger charge is 2.30. The molecule has 3 fully saturated rings. The minimum atomic E-state index is 0.0247. The van der Waals surface area contributed by atoms with Crippen LogP contribution in [0.2, 0.25) is 0 Å². The zero-order valence-electron chi connectivity index (χ0n) is 19.5. The second-order valence-electron chi connectivity index (χ2n) is 9.82. The van der Waals surface area contributed by atoms with E-state index in [9.17, 15) is 4.79 Å². The lowest BCUT2D eigenvalue weighted by molar-refractivity contribution is 0.0599. The fraction of sp³-hybridized carbons (Fsp3) is 0.692. The normalized spacial score (nSPS) is 26.8. The highest BCUT2D eigenvalue weighted by Crippen LogP contribution is 2.28. The van der Waals surface area contributed by atoms with Crippen molar-refractivity contribution in [2.24, 2.45) is 11.8 Å². The number of ether oxygens (including phenoxy) is 1. The predicted octanol–water partition coefficient (Wildman–Crippen LogP) is 3.89. The van der Waals surface area contributed by atoms with Crippen LogP contribution in [0.4, 0.5) is 5.82 Å². The van der Waals surface area contributed by atoms with E-state index in [1.54, 1.807) is 6.20 Å². The van der Waals surface area contributed by atoms with E-state index in [-0.39, 0.29) is 11.9 Å². The Hall–Kier alpha value is -1.92. The molecule has 1 saturated carbocycles. The molecule has 176 valence electrons. The number of hydrogen-bond acceptors (Lipinski definition) is 5. The molecule has 0 spiro atoms. The molecule has 1 aromatic rings. The zero-order chi connectivity index (χ0) is 22.2. The first kappa shape index (κ1) is 23.2. The van der Waals surface area contributed by atoms with Gasteiger partial charge in [0.15, 0.2) is 0 Å². The fourth-order valence-electron chi connectivity index (χ4n) is 5.62. The molecule has 3 heterocycles. The van der Waals surface area contributed by atoms with Crippen molar-refractivity contribution in [3.05, 3.63) is 36.5 Å². The molecule has 4 rings (SSSR count). The third-order valence-corrected chi connectivity index (χ3v) is 7.35. The first-order chi connectivity index (χ1) is 15.7. The molecule has 1 aromatic heterocycles. The molecule has 1 N–H and O–H groups in total. The van der Waals surface area contributed by atoms with Gasteiger partial charge in [-0.05, 0) is 69.0 Å². The second-order valence-corrected chi connectivity index (χ2v) is 9.82. The van der Waals surface area contributed by atoms with E-state index >= 15 is 0 Å². The predicted molar refractivity (Wildman–Crippen MR) is 129 cm³/mol. The number of amides is 1.